The molecule has 2 aromatic rings. The Morgan fingerprint density at radius 3 is 2.67 bits per heavy atom. The highest BCUT2D eigenvalue weighted by molar-refractivity contribution is 5.63. The highest BCUT2D eigenvalue weighted by atomic mass is 15.0. The van der Waals surface area contributed by atoms with E-state index in [1.807, 2.05) is 24.1 Å². The highest BCUT2D eigenvalue weighted by Gasteiger charge is 2.05. The lowest BCUT2D eigenvalue weighted by Crippen LogP contribution is -2.21. The number of hydrogen-bond acceptors (Lipinski definition) is 2. The van der Waals surface area contributed by atoms with Gasteiger partial charge in [-0.25, -0.2) is 4.98 Å². The molecular formula is C15H21N3. The summed E-state index contributed by atoms with van der Waals surface area (Å²) in [5.74, 6) is 0. The number of imidazole rings is 1. The van der Waals surface area contributed by atoms with Crippen LogP contribution in [0.25, 0.3) is 11.3 Å². The van der Waals surface area contributed by atoms with E-state index < -0.39 is 0 Å². The van der Waals surface area contributed by atoms with Crippen molar-refractivity contribution in [2.45, 2.75) is 33.4 Å². The van der Waals surface area contributed by atoms with E-state index in [0.717, 1.165) is 12.2 Å². The molecule has 0 radical (unpaired) electrons. The summed E-state index contributed by atoms with van der Waals surface area (Å²) in [7, 11) is 1.99. The molecular weight excluding hydrogens is 222 g/mol. The van der Waals surface area contributed by atoms with E-state index in [9.17, 15) is 0 Å². The molecule has 0 bridgehead atoms. The van der Waals surface area contributed by atoms with Crippen LogP contribution in [0.1, 0.15) is 25.0 Å². The van der Waals surface area contributed by atoms with Crippen molar-refractivity contribution >= 4 is 0 Å². The second-order valence-corrected chi connectivity index (χ2v) is 5.11. The van der Waals surface area contributed by atoms with Crippen molar-refractivity contribution in [3.05, 3.63) is 41.9 Å². The van der Waals surface area contributed by atoms with Crippen LogP contribution in [-0.2, 0) is 13.6 Å². The third-order valence-corrected chi connectivity index (χ3v) is 2.99. The van der Waals surface area contributed by atoms with Crippen LogP contribution in [0, 0.1) is 6.92 Å². The maximum absolute atomic E-state index is 4.40. The summed E-state index contributed by atoms with van der Waals surface area (Å²) in [6, 6.07) is 7.08. The van der Waals surface area contributed by atoms with E-state index in [1.165, 1.54) is 16.7 Å². The summed E-state index contributed by atoms with van der Waals surface area (Å²) in [5.41, 5.74) is 4.85. The molecule has 0 fully saturated rings. The molecule has 0 atom stereocenters. The van der Waals surface area contributed by atoms with Crippen LogP contribution in [0.3, 0.4) is 0 Å². The van der Waals surface area contributed by atoms with Gasteiger partial charge in [-0.1, -0.05) is 32.0 Å². The Balaban J connectivity index is 2.20. The van der Waals surface area contributed by atoms with Gasteiger partial charge in [0.25, 0.3) is 0 Å². The lowest BCUT2D eigenvalue weighted by atomic mass is 10.0. The summed E-state index contributed by atoms with van der Waals surface area (Å²) in [4.78, 5) is 4.40. The fourth-order valence-electron chi connectivity index (χ4n) is 2.00. The van der Waals surface area contributed by atoms with Crippen molar-refractivity contribution < 1.29 is 0 Å². The highest BCUT2D eigenvalue weighted by Crippen LogP contribution is 2.22. The lowest BCUT2D eigenvalue weighted by molar-refractivity contribution is 0.589. The zero-order valence-corrected chi connectivity index (χ0v) is 11.6. The molecule has 3 heteroatoms. The van der Waals surface area contributed by atoms with Crippen molar-refractivity contribution in [1.82, 2.24) is 14.9 Å². The van der Waals surface area contributed by atoms with E-state index in [0.29, 0.717) is 6.04 Å². The minimum atomic E-state index is 0.515. The van der Waals surface area contributed by atoms with E-state index in [1.54, 1.807) is 0 Å². The normalized spacial score (nSPS) is 11.2. The van der Waals surface area contributed by atoms with E-state index >= 15 is 0 Å². The van der Waals surface area contributed by atoms with Crippen LogP contribution in [0.4, 0.5) is 0 Å². The number of nitrogens with zero attached hydrogens (tertiary/aromatic N) is 2. The molecule has 3 nitrogen and oxygen atoms in total. The van der Waals surface area contributed by atoms with Crippen LogP contribution >= 0.6 is 0 Å². The van der Waals surface area contributed by atoms with Gasteiger partial charge >= 0.3 is 0 Å². The average molecular weight is 243 g/mol. The van der Waals surface area contributed by atoms with Gasteiger partial charge in [0.2, 0.25) is 0 Å². The van der Waals surface area contributed by atoms with Crippen molar-refractivity contribution in [3.8, 4) is 11.3 Å². The maximum atomic E-state index is 4.40. The monoisotopic (exact) mass is 243 g/mol. The molecule has 1 N–H and O–H groups in total. The number of aromatic nitrogens is 2. The van der Waals surface area contributed by atoms with Gasteiger partial charge in [0, 0.05) is 31.4 Å². The second-order valence-electron chi connectivity index (χ2n) is 5.11. The summed E-state index contributed by atoms with van der Waals surface area (Å²) in [6.07, 6.45) is 3.89. The molecule has 0 saturated carbocycles. The first kappa shape index (κ1) is 12.8. The average Bonchev–Trinajstić information content (AvgIpc) is 2.73. The van der Waals surface area contributed by atoms with Gasteiger partial charge in [-0.2, -0.15) is 0 Å². The molecule has 18 heavy (non-hydrogen) atoms. The Kier molecular flexibility index (Phi) is 3.82. The number of aryl methyl sites for hydroxylation is 2. The quantitative estimate of drug-likeness (QED) is 0.895. The molecule has 0 saturated heterocycles. The zero-order valence-electron chi connectivity index (χ0n) is 11.6. The van der Waals surface area contributed by atoms with Crippen LogP contribution in [0.2, 0.25) is 0 Å². The molecule has 0 aliphatic rings. The van der Waals surface area contributed by atoms with Crippen LogP contribution in [0.5, 0.6) is 0 Å². The molecule has 0 aliphatic carbocycles. The lowest BCUT2D eigenvalue weighted by Gasteiger charge is -2.10. The first-order valence-electron chi connectivity index (χ1n) is 6.37. The van der Waals surface area contributed by atoms with E-state index in [4.69, 9.17) is 0 Å². The number of hydrogen-bond donors (Lipinski definition) is 1. The fourth-order valence-corrected chi connectivity index (χ4v) is 2.00. The molecule has 0 aliphatic heterocycles. The summed E-state index contributed by atoms with van der Waals surface area (Å²) in [5, 5.41) is 3.43. The van der Waals surface area contributed by atoms with Gasteiger partial charge < -0.3 is 9.88 Å². The zero-order chi connectivity index (χ0) is 13.1. The Morgan fingerprint density at radius 1 is 1.33 bits per heavy atom. The Hall–Kier alpha value is -1.61. The van der Waals surface area contributed by atoms with Crippen molar-refractivity contribution in [2.24, 2.45) is 7.05 Å². The van der Waals surface area contributed by atoms with Crippen LogP contribution in [0.15, 0.2) is 30.7 Å². The molecule has 1 aromatic carbocycles. The van der Waals surface area contributed by atoms with Crippen molar-refractivity contribution in [1.29, 1.82) is 0 Å². The van der Waals surface area contributed by atoms with Gasteiger partial charge in [0.05, 0.1) is 12.0 Å². The van der Waals surface area contributed by atoms with E-state index in [-0.39, 0.29) is 0 Å². The number of benzene rings is 1. The molecule has 96 valence electrons. The van der Waals surface area contributed by atoms with E-state index in [2.05, 4.69) is 49.3 Å². The summed E-state index contributed by atoms with van der Waals surface area (Å²) < 4.78 is 1.98. The van der Waals surface area contributed by atoms with Gasteiger partial charge in [0.1, 0.15) is 0 Å². The first-order valence-corrected chi connectivity index (χ1v) is 6.37. The van der Waals surface area contributed by atoms with Crippen molar-refractivity contribution in [2.75, 3.05) is 0 Å². The van der Waals surface area contributed by atoms with Crippen LogP contribution < -0.4 is 5.32 Å². The largest absolute Gasteiger partial charge is 0.340 e. The Morgan fingerprint density at radius 2 is 2.11 bits per heavy atom. The third-order valence-electron chi connectivity index (χ3n) is 2.99. The van der Waals surface area contributed by atoms with Crippen molar-refractivity contribution in [3.63, 3.8) is 0 Å². The molecule has 0 amide bonds. The summed E-state index contributed by atoms with van der Waals surface area (Å²) in [6.45, 7) is 7.38. The van der Waals surface area contributed by atoms with Gasteiger partial charge in [-0.15, -0.1) is 0 Å². The van der Waals surface area contributed by atoms with Gasteiger partial charge in [0.15, 0.2) is 0 Å². The molecule has 1 aromatic heterocycles. The predicted octanol–water partition coefficient (Wildman–Crippen LogP) is 2.89. The van der Waals surface area contributed by atoms with Gasteiger partial charge in [-0.05, 0) is 18.1 Å². The Labute approximate surface area is 109 Å². The SMILES string of the molecule is Cc1cc(CNC(C)C)ccc1-c1cn(C)cn1. The van der Waals surface area contributed by atoms with Crippen LogP contribution in [-0.4, -0.2) is 15.6 Å². The topological polar surface area (TPSA) is 29.9 Å². The standard InChI is InChI=1S/C15H21N3/c1-11(2)16-8-13-5-6-14(12(3)7-13)15-9-18(4)10-17-15/h5-7,9-11,16H,8H2,1-4H3. The predicted molar refractivity (Wildman–Crippen MR) is 75.4 cm³/mol. The third kappa shape index (κ3) is 2.99. The minimum absolute atomic E-state index is 0.515. The summed E-state index contributed by atoms with van der Waals surface area (Å²) >= 11 is 0. The number of rotatable bonds is 4. The molecule has 0 unspecified atom stereocenters. The second kappa shape index (κ2) is 5.36. The minimum Gasteiger partial charge on any atom is -0.340 e. The molecule has 2 rings (SSSR count). The smallest absolute Gasteiger partial charge is 0.0951 e. The molecule has 1 heterocycles. The Bertz CT molecular complexity index is 526. The number of nitrogens with one attached hydrogen (secondary N) is 1. The van der Waals surface area contributed by atoms with Gasteiger partial charge in [-0.3, -0.25) is 0 Å². The molecule has 0 spiro atoms. The maximum Gasteiger partial charge on any atom is 0.0951 e. The fraction of sp³-hybridized carbons (Fsp3) is 0.400. The first-order chi connectivity index (χ1) is 8.56.